The summed E-state index contributed by atoms with van der Waals surface area (Å²) in [5, 5.41) is 23.9. The van der Waals surface area contributed by atoms with Crippen LogP contribution in [0.25, 0.3) is 0 Å². The maximum atomic E-state index is 12.8. The standard InChI is InChI=1S/C22H32N6O3/c1-15-5-8-27(24-15)14-21(29)26-11-16-9-18(19(31-2)10-17(16)12-26)28-13-20(23-25-28)22(30)6-3-4-7-22/h5,8,13,16-19,30H,3-4,6-7,9-12,14H2,1-2H3/t16-,17+,18-,19-/m1/s1. The molecule has 1 N–H and O–H groups in total. The number of hydrogen-bond acceptors (Lipinski definition) is 6. The maximum absolute atomic E-state index is 12.8. The minimum Gasteiger partial charge on any atom is -0.383 e. The van der Waals surface area contributed by atoms with Crippen molar-refractivity contribution in [3.8, 4) is 0 Å². The van der Waals surface area contributed by atoms with Crippen LogP contribution in [0.4, 0.5) is 0 Å². The number of nitrogens with zero attached hydrogens (tertiary/aromatic N) is 6. The van der Waals surface area contributed by atoms with Gasteiger partial charge >= 0.3 is 0 Å². The van der Waals surface area contributed by atoms with Gasteiger partial charge in [-0.05, 0) is 50.5 Å². The third kappa shape index (κ3) is 3.89. The third-order valence-corrected chi connectivity index (χ3v) is 7.57. The molecule has 0 aromatic carbocycles. The molecule has 0 radical (unpaired) electrons. The first-order valence-electron chi connectivity index (χ1n) is 11.4. The van der Waals surface area contributed by atoms with Crippen molar-refractivity contribution < 1.29 is 14.6 Å². The van der Waals surface area contributed by atoms with Crippen molar-refractivity contribution in [3.63, 3.8) is 0 Å². The van der Waals surface area contributed by atoms with Crippen LogP contribution in [-0.2, 0) is 21.7 Å². The zero-order valence-corrected chi connectivity index (χ0v) is 18.4. The number of aliphatic hydroxyl groups is 1. The van der Waals surface area contributed by atoms with Crippen LogP contribution in [-0.4, -0.2) is 67.0 Å². The Kier molecular flexibility index (Phi) is 5.34. The Bertz CT molecular complexity index is 933. The first kappa shape index (κ1) is 20.6. The van der Waals surface area contributed by atoms with Crippen molar-refractivity contribution >= 4 is 5.91 Å². The van der Waals surface area contributed by atoms with E-state index >= 15 is 0 Å². The van der Waals surface area contributed by atoms with Gasteiger partial charge < -0.3 is 14.7 Å². The second kappa shape index (κ2) is 8.02. The van der Waals surface area contributed by atoms with Crippen molar-refractivity contribution in [2.24, 2.45) is 11.8 Å². The van der Waals surface area contributed by atoms with Crippen LogP contribution >= 0.6 is 0 Å². The molecular weight excluding hydrogens is 396 g/mol. The topological polar surface area (TPSA) is 98.3 Å². The van der Waals surface area contributed by atoms with Crippen molar-refractivity contribution in [2.45, 2.75) is 69.7 Å². The fourth-order valence-corrected chi connectivity index (χ4v) is 5.78. The van der Waals surface area contributed by atoms with E-state index in [1.54, 1.807) is 11.8 Å². The van der Waals surface area contributed by atoms with Crippen LogP contribution in [0.2, 0.25) is 0 Å². The smallest absolute Gasteiger partial charge is 0.244 e. The van der Waals surface area contributed by atoms with Gasteiger partial charge in [-0.2, -0.15) is 5.10 Å². The van der Waals surface area contributed by atoms with Crippen LogP contribution < -0.4 is 0 Å². The lowest BCUT2D eigenvalue weighted by Gasteiger charge is -2.36. The van der Waals surface area contributed by atoms with Crippen molar-refractivity contribution in [3.05, 3.63) is 29.8 Å². The lowest BCUT2D eigenvalue weighted by atomic mass is 9.77. The third-order valence-electron chi connectivity index (χ3n) is 7.57. The highest BCUT2D eigenvalue weighted by molar-refractivity contribution is 5.76. The highest BCUT2D eigenvalue weighted by Gasteiger charge is 2.45. The molecule has 5 rings (SSSR count). The number of carbonyl (C=O) groups is 1. The fourth-order valence-electron chi connectivity index (χ4n) is 5.78. The summed E-state index contributed by atoms with van der Waals surface area (Å²) in [6.07, 6.45) is 9.15. The van der Waals surface area contributed by atoms with E-state index in [9.17, 15) is 9.90 Å². The van der Waals surface area contributed by atoms with Crippen LogP contribution in [0.3, 0.4) is 0 Å². The summed E-state index contributed by atoms with van der Waals surface area (Å²) in [6.45, 7) is 3.76. The minimum atomic E-state index is -0.834. The molecule has 2 aromatic heterocycles. The number of carbonyl (C=O) groups excluding carboxylic acids is 1. The van der Waals surface area contributed by atoms with Crippen LogP contribution in [0, 0.1) is 18.8 Å². The van der Waals surface area contributed by atoms with Crippen LogP contribution in [0.1, 0.15) is 56.0 Å². The molecule has 0 unspecified atom stereocenters. The molecule has 2 saturated carbocycles. The average Bonchev–Trinajstić information content (AvgIpc) is 3.53. The maximum Gasteiger partial charge on any atom is 0.244 e. The zero-order valence-electron chi connectivity index (χ0n) is 18.4. The molecule has 4 atom stereocenters. The van der Waals surface area contributed by atoms with Crippen LogP contribution in [0.15, 0.2) is 18.5 Å². The van der Waals surface area contributed by atoms with E-state index in [1.165, 1.54) is 0 Å². The minimum absolute atomic E-state index is 0.0258. The lowest BCUT2D eigenvalue weighted by Crippen LogP contribution is -2.37. The molecule has 0 bridgehead atoms. The average molecular weight is 429 g/mol. The number of fused-ring (bicyclic) bond motifs is 1. The van der Waals surface area contributed by atoms with E-state index in [4.69, 9.17) is 4.74 Å². The Labute approximate surface area is 182 Å². The Morgan fingerprint density at radius 2 is 2.00 bits per heavy atom. The summed E-state index contributed by atoms with van der Waals surface area (Å²) in [7, 11) is 1.75. The van der Waals surface area contributed by atoms with E-state index in [2.05, 4.69) is 15.4 Å². The number of likely N-dealkylation sites (tertiary alicyclic amines) is 1. The molecule has 2 aromatic rings. The molecule has 9 nitrogen and oxygen atoms in total. The molecule has 0 spiro atoms. The van der Waals surface area contributed by atoms with Crippen LogP contribution in [0.5, 0.6) is 0 Å². The van der Waals surface area contributed by atoms with E-state index in [0.29, 0.717) is 17.5 Å². The summed E-state index contributed by atoms with van der Waals surface area (Å²) in [5.74, 6) is 0.975. The number of aromatic nitrogens is 5. The fraction of sp³-hybridized carbons (Fsp3) is 0.727. The number of methoxy groups -OCH3 is 1. The molecular formula is C22H32N6O3. The number of aryl methyl sites for hydroxylation is 1. The summed E-state index contributed by atoms with van der Waals surface area (Å²) in [4.78, 5) is 14.8. The highest BCUT2D eigenvalue weighted by Crippen LogP contribution is 2.43. The largest absolute Gasteiger partial charge is 0.383 e. The molecule has 1 aliphatic heterocycles. The number of rotatable bonds is 5. The molecule has 168 valence electrons. The summed E-state index contributed by atoms with van der Waals surface area (Å²) in [5.41, 5.74) is 0.766. The molecule has 1 saturated heterocycles. The number of ether oxygens (including phenoxy) is 1. The molecule has 3 fully saturated rings. The first-order chi connectivity index (χ1) is 14.9. The molecule has 2 aliphatic carbocycles. The van der Waals surface area contributed by atoms with Gasteiger partial charge in [-0.25, -0.2) is 4.68 Å². The summed E-state index contributed by atoms with van der Waals surface area (Å²) < 4.78 is 9.46. The highest BCUT2D eigenvalue weighted by atomic mass is 16.5. The van der Waals surface area contributed by atoms with Gasteiger partial charge in [-0.15, -0.1) is 5.10 Å². The first-order valence-corrected chi connectivity index (χ1v) is 11.4. The quantitative estimate of drug-likeness (QED) is 0.778. The SMILES string of the molecule is CO[C@@H]1C[C@H]2CN(C(=O)Cn3ccc(C)n3)C[C@H]2C[C@H]1n1cc(C2(O)CCCC2)nn1. The number of amides is 1. The predicted molar refractivity (Wildman–Crippen MR) is 112 cm³/mol. The van der Waals surface area contributed by atoms with Gasteiger partial charge in [-0.1, -0.05) is 18.1 Å². The normalized spacial score (nSPS) is 30.0. The Balaban J connectivity index is 1.27. The van der Waals surface area contributed by atoms with Gasteiger partial charge in [0.15, 0.2) is 0 Å². The zero-order chi connectivity index (χ0) is 21.6. The predicted octanol–water partition coefficient (Wildman–Crippen LogP) is 1.67. The molecule has 31 heavy (non-hydrogen) atoms. The van der Waals surface area contributed by atoms with Crippen molar-refractivity contribution in [1.29, 1.82) is 0 Å². The van der Waals surface area contributed by atoms with Crippen molar-refractivity contribution in [2.75, 3.05) is 20.2 Å². The van der Waals surface area contributed by atoms with Gasteiger partial charge in [0.05, 0.1) is 24.0 Å². The summed E-state index contributed by atoms with van der Waals surface area (Å²) >= 11 is 0. The van der Waals surface area contributed by atoms with E-state index in [1.807, 2.05) is 35.0 Å². The van der Waals surface area contributed by atoms with Gasteiger partial charge in [0.2, 0.25) is 5.91 Å². The van der Waals surface area contributed by atoms with E-state index in [0.717, 1.165) is 57.3 Å². The second-order valence-corrected chi connectivity index (χ2v) is 9.61. The van der Waals surface area contributed by atoms with Crippen molar-refractivity contribution in [1.82, 2.24) is 29.7 Å². The molecule has 3 aliphatic rings. The monoisotopic (exact) mass is 428 g/mol. The van der Waals surface area contributed by atoms with Gasteiger partial charge in [0, 0.05) is 26.4 Å². The Hall–Kier alpha value is -2.26. The molecule has 3 heterocycles. The van der Waals surface area contributed by atoms with Gasteiger partial charge in [0.1, 0.15) is 17.8 Å². The van der Waals surface area contributed by atoms with E-state index in [-0.39, 0.29) is 24.6 Å². The summed E-state index contributed by atoms with van der Waals surface area (Å²) in [6, 6.07) is 1.99. The lowest BCUT2D eigenvalue weighted by molar-refractivity contribution is -0.131. The van der Waals surface area contributed by atoms with Gasteiger partial charge in [0.25, 0.3) is 0 Å². The molecule has 1 amide bonds. The Morgan fingerprint density at radius 1 is 1.26 bits per heavy atom. The number of hydrogen-bond donors (Lipinski definition) is 1. The molecule has 9 heteroatoms. The Morgan fingerprint density at radius 3 is 2.68 bits per heavy atom. The van der Waals surface area contributed by atoms with Gasteiger partial charge in [-0.3, -0.25) is 9.48 Å². The second-order valence-electron chi connectivity index (χ2n) is 9.61. The van der Waals surface area contributed by atoms with E-state index < -0.39 is 5.60 Å².